The van der Waals surface area contributed by atoms with Crippen LogP contribution in [-0.4, -0.2) is 52.1 Å². The van der Waals surface area contributed by atoms with Crippen LogP contribution in [0.4, 0.5) is 0 Å². The number of thiazole rings is 1. The summed E-state index contributed by atoms with van der Waals surface area (Å²) in [4.78, 5) is 15.7. The van der Waals surface area contributed by atoms with Gasteiger partial charge in [-0.05, 0) is 18.8 Å². The van der Waals surface area contributed by atoms with Gasteiger partial charge in [0, 0.05) is 50.9 Å². The van der Waals surface area contributed by atoms with E-state index in [0.717, 1.165) is 44.9 Å². The second-order valence-electron chi connectivity index (χ2n) is 6.60. The molecule has 1 fully saturated rings. The van der Waals surface area contributed by atoms with Gasteiger partial charge in [-0.3, -0.25) is 4.99 Å². The van der Waals surface area contributed by atoms with E-state index >= 15 is 0 Å². The normalized spacial score (nSPS) is 21.6. The highest BCUT2D eigenvalue weighted by molar-refractivity contribution is 7.09. The summed E-state index contributed by atoms with van der Waals surface area (Å²) in [6.45, 7) is 7.35. The lowest BCUT2D eigenvalue weighted by molar-refractivity contribution is 0.189. The first-order valence-corrected chi connectivity index (χ1v) is 9.95. The number of imidazole rings is 1. The molecule has 1 N–H and O–H groups in total. The predicted octanol–water partition coefficient (Wildman–Crippen LogP) is 2.60. The summed E-state index contributed by atoms with van der Waals surface area (Å²) in [6, 6.07) is 0.445. The maximum Gasteiger partial charge on any atom is 0.193 e. The fourth-order valence-electron chi connectivity index (χ4n) is 3.36. The van der Waals surface area contributed by atoms with Gasteiger partial charge in [0.25, 0.3) is 0 Å². The van der Waals surface area contributed by atoms with Gasteiger partial charge < -0.3 is 14.8 Å². The number of hydrogen-bond donors (Lipinski definition) is 1. The van der Waals surface area contributed by atoms with Crippen molar-refractivity contribution in [3.05, 3.63) is 34.8 Å². The molecule has 3 heterocycles. The predicted molar refractivity (Wildman–Crippen MR) is 103 cm³/mol. The minimum Gasteiger partial charge on any atom is -0.356 e. The summed E-state index contributed by atoms with van der Waals surface area (Å²) >= 11 is 1.75. The van der Waals surface area contributed by atoms with Crippen LogP contribution in [-0.2, 0) is 12.8 Å². The second-order valence-corrected chi connectivity index (χ2v) is 7.54. The highest BCUT2D eigenvalue weighted by Crippen LogP contribution is 2.27. The number of guanidine groups is 1. The maximum atomic E-state index is 4.63. The molecule has 2 unspecified atom stereocenters. The van der Waals surface area contributed by atoms with Gasteiger partial charge in [0.05, 0.1) is 23.1 Å². The number of rotatable bonds is 5. The Bertz CT molecular complexity index is 678. The Morgan fingerprint density at radius 1 is 1.48 bits per heavy atom. The van der Waals surface area contributed by atoms with Crippen LogP contribution < -0.4 is 5.32 Å². The van der Waals surface area contributed by atoms with Gasteiger partial charge in [-0.2, -0.15) is 0 Å². The van der Waals surface area contributed by atoms with E-state index in [1.54, 1.807) is 11.3 Å². The molecule has 0 radical (unpaired) electrons. The Kier molecular flexibility index (Phi) is 6.07. The van der Waals surface area contributed by atoms with Gasteiger partial charge in [0.1, 0.15) is 0 Å². The molecule has 1 aliphatic heterocycles. The van der Waals surface area contributed by atoms with E-state index < -0.39 is 0 Å². The van der Waals surface area contributed by atoms with Crippen LogP contribution >= 0.6 is 11.3 Å². The molecule has 3 rings (SSSR count). The second kappa shape index (κ2) is 8.47. The van der Waals surface area contributed by atoms with E-state index in [9.17, 15) is 0 Å². The fraction of sp³-hybridized carbons (Fsp3) is 0.611. The number of likely N-dealkylation sites (tertiary alicyclic amines) is 1. The minimum absolute atomic E-state index is 0.445. The third-order valence-electron chi connectivity index (χ3n) is 4.90. The molecule has 2 aromatic heterocycles. The lowest BCUT2D eigenvalue weighted by atomic mass is 9.93. The van der Waals surface area contributed by atoms with Crippen molar-refractivity contribution >= 4 is 17.3 Å². The number of aromatic nitrogens is 3. The molecule has 25 heavy (non-hydrogen) atoms. The molecule has 0 spiro atoms. The summed E-state index contributed by atoms with van der Waals surface area (Å²) in [5.74, 6) is 1.63. The van der Waals surface area contributed by atoms with E-state index in [-0.39, 0.29) is 0 Å². The number of aliphatic imine (C=N–C) groups is 1. The minimum atomic E-state index is 0.445. The zero-order chi connectivity index (χ0) is 17.6. The van der Waals surface area contributed by atoms with Crippen molar-refractivity contribution in [1.29, 1.82) is 0 Å². The third-order valence-corrected chi connectivity index (χ3v) is 5.95. The lowest BCUT2D eigenvalue weighted by Gasteiger charge is -2.39. The Balaban J connectivity index is 1.55. The zero-order valence-electron chi connectivity index (χ0n) is 15.4. The average Bonchev–Trinajstić information content (AvgIpc) is 3.31. The molecule has 0 bridgehead atoms. The topological polar surface area (TPSA) is 58.3 Å². The lowest BCUT2D eigenvalue weighted by Crippen LogP contribution is -2.49. The zero-order valence-corrected chi connectivity index (χ0v) is 16.2. The molecule has 0 aliphatic carbocycles. The van der Waals surface area contributed by atoms with Crippen LogP contribution in [0.1, 0.15) is 37.0 Å². The van der Waals surface area contributed by atoms with Crippen molar-refractivity contribution in [2.45, 2.75) is 39.2 Å². The fourth-order valence-corrected chi connectivity index (χ4v) is 4.14. The number of aryl methyl sites for hydroxylation is 1. The highest BCUT2D eigenvalue weighted by atomic mass is 32.1. The van der Waals surface area contributed by atoms with E-state index in [2.05, 4.69) is 55.2 Å². The van der Waals surface area contributed by atoms with Crippen molar-refractivity contribution in [2.24, 2.45) is 10.9 Å². The van der Waals surface area contributed by atoms with Crippen LogP contribution in [0.3, 0.4) is 0 Å². The maximum absolute atomic E-state index is 4.63. The monoisotopic (exact) mass is 360 g/mol. The Morgan fingerprint density at radius 3 is 3.04 bits per heavy atom. The number of piperidine rings is 1. The average molecular weight is 361 g/mol. The molecular weight excluding hydrogens is 332 g/mol. The van der Waals surface area contributed by atoms with Crippen molar-refractivity contribution < 1.29 is 0 Å². The first kappa shape index (κ1) is 17.9. The van der Waals surface area contributed by atoms with Gasteiger partial charge in [-0.15, -0.1) is 11.3 Å². The molecule has 6 nitrogen and oxygen atoms in total. The smallest absolute Gasteiger partial charge is 0.193 e. The molecule has 0 aromatic carbocycles. The molecule has 1 aliphatic rings. The number of nitrogens with one attached hydrogen (secondary N) is 1. The van der Waals surface area contributed by atoms with Gasteiger partial charge in [0.15, 0.2) is 5.96 Å². The molecule has 2 aromatic rings. The van der Waals surface area contributed by atoms with Crippen LogP contribution in [0.25, 0.3) is 0 Å². The SMILES string of the molecule is CCc1nc(CCNC(=NC)N2CCC(C)C(n3ccnc3)C2)cs1. The van der Waals surface area contributed by atoms with Crippen LogP contribution in [0.5, 0.6) is 0 Å². The van der Waals surface area contributed by atoms with E-state index in [1.165, 1.54) is 10.7 Å². The molecular formula is C18H28N6S. The van der Waals surface area contributed by atoms with Gasteiger partial charge in [-0.25, -0.2) is 9.97 Å². The number of nitrogens with zero attached hydrogens (tertiary/aromatic N) is 5. The van der Waals surface area contributed by atoms with Crippen molar-refractivity contribution in [3.63, 3.8) is 0 Å². The summed E-state index contributed by atoms with van der Waals surface area (Å²) in [6.07, 6.45) is 8.96. The molecule has 0 amide bonds. The standard InChI is InChI=1S/C18H28N6S/c1-4-17-22-15(12-25-17)5-7-21-18(19-3)23-9-6-14(2)16(11-23)24-10-8-20-13-24/h8,10,12-14,16H,4-7,9,11H2,1-3H3,(H,19,21). The summed E-state index contributed by atoms with van der Waals surface area (Å²) < 4.78 is 2.23. The molecule has 2 atom stereocenters. The summed E-state index contributed by atoms with van der Waals surface area (Å²) in [5, 5.41) is 6.89. The molecule has 136 valence electrons. The van der Waals surface area contributed by atoms with Gasteiger partial charge in [0.2, 0.25) is 0 Å². The van der Waals surface area contributed by atoms with Crippen molar-refractivity contribution in [3.8, 4) is 0 Å². The van der Waals surface area contributed by atoms with Crippen LogP contribution in [0.15, 0.2) is 29.1 Å². The van der Waals surface area contributed by atoms with E-state index in [1.807, 2.05) is 19.6 Å². The van der Waals surface area contributed by atoms with E-state index in [0.29, 0.717) is 12.0 Å². The van der Waals surface area contributed by atoms with Crippen molar-refractivity contribution in [2.75, 3.05) is 26.7 Å². The highest BCUT2D eigenvalue weighted by Gasteiger charge is 2.28. The Morgan fingerprint density at radius 2 is 2.36 bits per heavy atom. The van der Waals surface area contributed by atoms with Crippen LogP contribution in [0, 0.1) is 5.92 Å². The summed E-state index contributed by atoms with van der Waals surface area (Å²) in [5.41, 5.74) is 1.17. The summed E-state index contributed by atoms with van der Waals surface area (Å²) in [7, 11) is 1.87. The molecule has 1 saturated heterocycles. The first-order valence-electron chi connectivity index (χ1n) is 9.07. The largest absolute Gasteiger partial charge is 0.356 e. The molecule has 0 saturated carbocycles. The van der Waals surface area contributed by atoms with E-state index in [4.69, 9.17) is 0 Å². The Hall–Kier alpha value is -1.89. The number of hydrogen-bond acceptors (Lipinski definition) is 4. The molecule has 7 heteroatoms. The third kappa shape index (κ3) is 4.39. The first-order chi connectivity index (χ1) is 12.2. The Labute approximate surface area is 154 Å². The van der Waals surface area contributed by atoms with Crippen LogP contribution in [0.2, 0.25) is 0 Å². The van der Waals surface area contributed by atoms with Gasteiger partial charge >= 0.3 is 0 Å². The van der Waals surface area contributed by atoms with Gasteiger partial charge in [-0.1, -0.05) is 13.8 Å². The quantitative estimate of drug-likeness (QED) is 0.658. The van der Waals surface area contributed by atoms with Crippen molar-refractivity contribution in [1.82, 2.24) is 24.8 Å².